The SMILES string of the molecule is CC(C)c1nc(O)c(/C=C2/C=Nc3ncc(Cl)cc32)[nH]1. The van der Waals surface area contributed by atoms with Gasteiger partial charge in [-0.1, -0.05) is 25.4 Å². The number of nitrogens with one attached hydrogen (secondary N) is 1. The van der Waals surface area contributed by atoms with Gasteiger partial charge in [-0.15, -0.1) is 0 Å². The summed E-state index contributed by atoms with van der Waals surface area (Å²) in [5.41, 5.74) is 2.24. The molecule has 20 heavy (non-hydrogen) atoms. The molecule has 0 saturated carbocycles. The molecule has 1 aliphatic heterocycles. The summed E-state index contributed by atoms with van der Waals surface area (Å²) in [5, 5.41) is 10.4. The third kappa shape index (κ3) is 2.20. The van der Waals surface area contributed by atoms with Crippen LogP contribution in [0.3, 0.4) is 0 Å². The van der Waals surface area contributed by atoms with Crippen LogP contribution in [0.15, 0.2) is 17.3 Å². The molecular weight excluding hydrogens is 276 g/mol. The van der Waals surface area contributed by atoms with E-state index < -0.39 is 0 Å². The Hall–Kier alpha value is -2.14. The van der Waals surface area contributed by atoms with E-state index in [1.54, 1.807) is 24.6 Å². The molecule has 0 bridgehead atoms. The lowest BCUT2D eigenvalue weighted by Gasteiger charge is -1.99. The Morgan fingerprint density at radius 2 is 2.20 bits per heavy atom. The summed E-state index contributed by atoms with van der Waals surface area (Å²) in [6, 6.07) is 1.81. The van der Waals surface area contributed by atoms with E-state index >= 15 is 0 Å². The van der Waals surface area contributed by atoms with Gasteiger partial charge in [-0.3, -0.25) is 0 Å². The number of halogens is 1. The molecular formula is C14H13ClN4O. The number of aromatic amines is 1. The number of aromatic hydroxyl groups is 1. The van der Waals surface area contributed by atoms with Crippen molar-refractivity contribution in [1.82, 2.24) is 15.0 Å². The normalized spacial score (nSPS) is 15.3. The van der Waals surface area contributed by atoms with E-state index in [1.807, 2.05) is 13.8 Å². The molecule has 6 heteroatoms. The highest BCUT2D eigenvalue weighted by Crippen LogP contribution is 2.33. The van der Waals surface area contributed by atoms with E-state index in [-0.39, 0.29) is 11.8 Å². The number of fused-ring (bicyclic) bond motifs is 1. The summed E-state index contributed by atoms with van der Waals surface area (Å²) < 4.78 is 0. The second-order valence-corrected chi connectivity index (χ2v) is 5.33. The fraction of sp³-hybridized carbons (Fsp3) is 0.214. The van der Waals surface area contributed by atoms with E-state index in [9.17, 15) is 5.11 Å². The molecule has 0 aliphatic carbocycles. The largest absolute Gasteiger partial charge is 0.492 e. The summed E-state index contributed by atoms with van der Waals surface area (Å²) in [6.07, 6.45) is 5.05. The molecule has 102 valence electrons. The molecule has 0 saturated heterocycles. The monoisotopic (exact) mass is 288 g/mol. The fourth-order valence-corrected chi connectivity index (χ4v) is 2.15. The van der Waals surface area contributed by atoms with E-state index in [1.165, 1.54) is 0 Å². The molecule has 3 rings (SSSR count). The van der Waals surface area contributed by atoms with Crippen molar-refractivity contribution < 1.29 is 5.11 Å². The number of hydrogen-bond donors (Lipinski definition) is 2. The van der Waals surface area contributed by atoms with Crippen molar-refractivity contribution in [2.45, 2.75) is 19.8 Å². The van der Waals surface area contributed by atoms with Crippen molar-refractivity contribution >= 4 is 35.3 Å². The minimum atomic E-state index is -0.0157. The van der Waals surface area contributed by atoms with Gasteiger partial charge in [0.2, 0.25) is 5.88 Å². The number of pyridine rings is 1. The van der Waals surface area contributed by atoms with E-state index in [0.29, 0.717) is 16.5 Å². The van der Waals surface area contributed by atoms with Gasteiger partial charge in [-0.05, 0) is 12.1 Å². The molecule has 2 N–H and O–H groups in total. The van der Waals surface area contributed by atoms with Crippen molar-refractivity contribution in [3.63, 3.8) is 0 Å². The second kappa shape index (κ2) is 4.76. The zero-order valence-corrected chi connectivity index (χ0v) is 11.8. The quantitative estimate of drug-likeness (QED) is 0.887. The van der Waals surface area contributed by atoms with Crippen LogP contribution in [0.5, 0.6) is 5.88 Å². The summed E-state index contributed by atoms with van der Waals surface area (Å²) in [7, 11) is 0. The standard InChI is InChI=1S/C14H13ClN4O/c1-7(2)12-18-11(14(20)19-12)3-8-5-16-13-10(8)4-9(15)6-17-13/h3-7,20H,1-2H3,(H,18,19)/b8-3-. The summed E-state index contributed by atoms with van der Waals surface area (Å²) in [4.78, 5) is 15.6. The predicted molar refractivity (Wildman–Crippen MR) is 79.6 cm³/mol. The Bertz CT molecular complexity index is 731. The zero-order valence-electron chi connectivity index (χ0n) is 11.1. The molecule has 2 aromatic rings. The van der Waals surface area contributed by atoms with Gasteiger partial charge in [0.25, 0.3) is 0 Å². The molecule has 2 aromatic heterocycles. The van der Waals surface area contributed by atoms with Crippen LogP contribution in [0.25, 0.3) is 11.6 Å². The van der Waals surface area contributed by atoms with Crippen molar-refractivity contribution in [2.24, 2.45) is 4.99 Å². The minimum Gasteiger partial charge on any atom is -0.492 e. The highest BCUT2D eigenvalue weighted by Gasteiger charge is 2.16. The van der Waals surface area contributed by atoms with Gasteiger partial charge in [0.05, 0.1) is 5.02 Å². The highest BCUT2D eigenvalue weighted by atomic mass is 35.5. The van der Waals surface area contributed by atoms with Crippen molar-refractivity contribution in [1.29, 1.82) is 0 Å². The summed E-state index contributed by atoms with van der Waals surface area (Å²) in [5.74, 6) is 1.57. The first-order valence-corrected chi connectivity index (χ1v) is 6.63. The van der Waals surface area contributed by atoms with Gasteiger partial charge in [0.15, 0.2) is 5.82 Å². The lowest BCUT2D eigenvalue weighted by molar-refractivity contribution is 0.453. The molecule has 0 fully saturated rings. The van der Waals surface area contributed by atoms with Gasteiger partial charge < -0.3 is 10.1 Å². The van der Waals surface area contributed by atoms with Crippen LogP contribution in [-0.4, -0.2) is 26.3 Å². The number of allylic oxidation sites excluding steroid dienone is 1. The van der Waals surface area contributed by atoms with Gasteiger partial charge >= 0.3 is 0 Å². The predicted octanol–water partition coefficient (Wildman–Crippen LogP) is 3.54. The van der Waals surface area contributed by atoms with Crippen molar-refractivity contribution in [3.8, 4) is 5.88 Å². The highest BCUT2D eigenvalue weighted by molar-refractivity contribution is 6.31. The third-order valence-corrected chi connectivity index (χ3v) is 3.25. The summed E-state index contributed by atoms with van der Waals surface area (Å²) >= 11 is 5.95. The number of imidazole rings is 1. The first-order chi connectivity index (χ1) is 9.54. The topological polar surface area (TPSA) is 74.2 Å². The maximum atomic E-state index is 9.87. The number of aromatic nitrogens is 3. The van der Waals surface area contributed by atoms with E-state index in [0.717, 1.165) is 17.0 Å². The van der Waals surface area contributed by atoms with E-state index in [4.69, 9.17) is 11.6 Å². The van der Waals surface area contributed by atoms with Crippen LogP contribution in [0.2, 0.25) is 5.02 Å². The van der Waals surface area contributed by atoms with Gasteiger partial charge in [0, 0.05) is 29.5 Å². The first-order valence-electron chi connectivity index (χ1n) is 6.25. The number of H-pyrrole nitrogens is 1. The minimum absolute atomic E-state index is 0.0157. The molecule has 0 unspecified atom stereocenters. The molecule has 0 spiro atoms. The zero-order chi connectivity index (χ0) is 14.3. The summed E-state index contributed by atoms with van der Waals surface area (Å²) in [6.45, 7) is 4.01. The third-order valence-electron chi connectivity index (χ3n) is 3.05. The molecule has 3 heterocycles. The van der Waals surface area contributed by atoms with Crippen LogP contribution >= 0.6 is 11.6 Å². The Kier molecular flexibility index (Phi) is 3.06. The van der Waals surface area contributed by atoms with Crippen LogP contribution in [0, 0.1) is 0 Å². The molecule has 0 atom stereocenters. The molecule has 1 aliphatic rings. The molecule has 0 aromatic carbocycles. The first kappa shape index (κ1) is 12.9. The Morgan fingerprint density at radius 1 is 1.40 bits per heavy atom. The van der Waals surface area contributed by atoms with E-state index in [2.05, 4.69) is 19.9 Å². The maximum Gasteiger partial charge on any atom is 0.237 e. The lowest BCUT2D eigenvalue weighted by atomic mass is 10.1. The Morgan fingerprint density at radius 3 is 2.90 bits per heavy atom. The average molecular weight is 289 g/mol. The average Bonchev–Trinajstić information content (AvgIpc) is 2.95. The fourth-order valence-electron chi connectivity index (χ4n) is 1.99. The van der Waals surface area contributed by atoms with Crippen LogP contribution in [-0.2, 0) is 0 Å². The number of hydrogen-bond acceptors (Lipinski definition) is 4. The lowest BCUT2D eigenvalue weighted by Crippen LogP contribution is -1.89. The van der Waals surface area contributed by atoms with Crippen LogP contribution in [0.4, 0.5) is 5.82 Å². The number of rotatable bonds is 2. The molecule has 0 amide bonds. The molecule has 5 nitrogen and oxygen atoms in total. The number of nitrogens with zero attached hydrogens (tertiary/aromatic N) is 3. The van der Waals surface area contributed by atoms with Crippen molar-refractivity contribution in [3.05, 3.63) is 34.4 Å². The smallest absolute Gasteiger partial charge is 0.237 e. The Balaban J connectivity index is 2.03. The Labute approximate surface area is 121 Å². The van der Waals surface area contributed by atoms with Gasteiger partial charge in [-0.25, -0.2) is 9.98 Å². The maximum absolute atomic E-state index is 9.87. The number of aliphatic imine (C=N–C) groups is 1. The van der Waals surface area contributed by atoms with Crippen molar-refractivity contribution in [2.75, 3.05) is 0 Å². The van der Waals surface area contributed by atoms with Gasteiger partial charge in [0.1, 0.15) is 11.5 Å². The van der Waals surface area contributed by atoms with Crippen LogP contribution in [0.1, 0.15) is 36.8 Å². The molecule has 0 radical (unpaired) electrons. The van der Waals surface area contributed by atoms with Crippen LogP contribution < -0.4 is 0 Å². The second-order valence-electron chi connectivity index (χ2n) is 4.90. The van der Waals surface area contributed by atoms with Gasteiger partial charge in [-0.2, -0.15) is 4.98 Å².